The minimum absolute atomic E-state index is 0.129. The molecule has 0 bridgehead atoms. The van der Waals surface area contributed by atoms with Crippen molar-refractivity contribution in [3.8, 4) is 23.0 Å². The summed E-state index contributed by atoms with van der Waals surface area (Å²) in [6.45, 7) is 0. The number of ether oxygens (including phenoxy) is 3. The number of hydrogen-bond donors (Lipinski definition) is 1. The number of rotatable bonds is 6. The summed E-state index contributed by atoms with van der Waals surface area (Å²) in [4.78, 5) is 17.1. The van der Waals surface area contributed by atoms with Gasteiger partial charge in [-0.25, -0.2) is 0 Å². The van der Waals surface area contributed by atoms with Crippen molar-refractivity contribution in [1.82, 2.24) is 14.8 Å². The monoisotopic (exact) mass is 522 g/mol. The molecule has 1 N–H and O–H groups in total. The molecule has 0 aliphatic heterocycles. The van der Waals surface area contributed by atoms with Gasteiger partial charge in [-0.05, 0) is 42.5 Å². The summed E-state index contributed by atoms with van der Waals surface area (Å²) >= 11 is 0. The van der Waals surface area contributed by atoms with Crippen LogP contribution in [-0.4, -0.2) is 34.9 Å². The Bertz CT molecular complexity index is 1680. The molecule has 0 aliphatic rings. The molecule has 194 valence electrons. The molecule has 0 saturated carbocycles. The number of methoxy groups -OCH3 is 2. The summed E-state index contributed by atoms with van der Waals surface area (Å²) in [5.41, 5.74) is 0.258. The fourth-order valence-electron chi connectivity index (χ4n) is 4.07. The predicted octanol–water partition coefficient (Wildman–Crippen LogP) is 6.20. The van der Waals surface area contributed by atoms with Gasteiger partial charge in [-0.2, -0.15) is 18.3 Å². The van der Waals surface area contributed by atoms with Gasteiger partial charge in [0.2, 0.25) is 0 Å². The van der Waals surface area contributed by atoms with Gasteiger partial charge in [-0.15, -0.1) is 0 Å². The maximum absolute atomic E-state index is 13.0. The van der Waals surface area contributed by atoms with Gasteiger partial charge < -0.3 is 19.5 Å². The predicted molar refractivity (Wildman–Crippen MR) is 135 cm³/mol. The molecule has 3 aromatic carbocycles. The number of carbonyl (C=O) groups is 1. The minimum Gasteiger partial charge on any atom is -0.493 e. The second kappa shape index (κ2) is 9.58. The van der Waals surface area contributed by atoms with Crippen LogP contribution >= 0.6 is 0 Å². The molecule has 0 fully saturated rings. The number of aryl methyl sites for hydroxylation is 1. The quantitative estimate of drug-likeness (QED) is 0.286. The van der Waals surface area contributed by atoms with Gasteiger partial charge in [0.25, 0.3) is 5.91 Å². The van der Waals surface area contributed by atoms with Crippen LogP contribution < -0.4 is 19.5 Å². The number of benzene rings is 3. The average Bonchev–Trinajstić information content (AvgIpc) is 3.21. The first kappa shape index (κ1) is 24.9. The molecule has 2 heterocycles. The van der Waals surface area contributed by atoms with Gasteiger partial charge in [-0.3, -0.25) is 14.5 Å². The van der Waals surface area contributed by atoms with Crippen LogP contribution in [0.25, 0.3) is 21.8 Å². The number of nitrogens with zero attached hydrogens (tertiary/aromatic N) is 3. The van der Waals surface area contributed by atoms with Gasteiger partial charge in [0, 0.05) is 41.7 Å². The molecule has 1 amide bonds. The third-order valence-corrected chi connectivity index (χ3v) is 5.94. The van der Waals surface area contributed by atoms with Gasteiger partial charge in [0.15, 0.2) is 17.3 Å². The lowest BCUT2D eigenvalue weighted by atomic mass is 10.1. The van der Waals surface area contributed by atoms with Crippen LogP contribution in [0.2, 0.25) is 0 Å². The van der Waals surface area contributed by atoms with Crippen LogP contribution in [-0.2, 0) is 13.2 Å². The van der Waals surface area contributed by atoms with Gasteiger partial charge in [0.1, 0.15) is 11.5 Å². The van der Waals surface area contributed by atoms with Crippen LogP contribution in [0.5, 0.6) is 23.0 Å². The highest BCUT2D eigenvalue weighted by atomic mass is 19.4. The van der Waals surface area contributed by atoms with Crippen molar-refractivity contribution >= 4 is 33.5 Å². The maximum atomic E-state index is 13.0. The second-order valence-electron chi connectivity index (χ2n) is 8.32. The van der Waals surface area contributed by atoms with E-state index < -0.39 is 17.6 Å². The highest BCUT2D eigenvalue weighted by Crippen LogP contribution is 2.38. The molecule has 5 aromatic rings. The summed E-state index contributed by atoms with van der Waals surface area (Å²) < 4.78 is 57.6. The number of pyridine rings is 1. The van der Waals surface area contributed by atoms with Gasteiger partial charge in [-0.1, -0.05) is 6.07 Å². The van der Waals surface area contributed by atoms with E-state index >= 15 is 0 Å². The molecule has 0 saturated heterocycles. The van der Waals surface area contributed by atoms with E-state index in [1.807, 2.05) is 0 Å². The first-order chi connectivity index (χ1) is 18.2. The van der Waals surface area contributed by atoms with E-state index in [9.17, 15) is 18.0 Å². The van der Waals surface area contributed by atoms with E-state index in [0.717, 1.165) is 12.1 Å². The van der Waals surface area contributed by atoms with Crippen molar-refractivity contribution in [3.63, 3.8) is 0 Å². The molecule has 5 rings (SSSR count). The zero-order chi connectivity index (χ0) is 27.0. The number of anilines is 1. The maximum Gasteiger partial charge on any atom is 0.416 e. The molecule has 38 heavy (non-hydrogen) atoms. The number of fused-ring (bicyclic) bond motifs is 2. The molecule has 11 heteroatoms. The van der Waals surface area contributed by atoms with E-state index in [-0.39, 0.29) is 11.4 Å². The highest BCUT2D eigenvalue weighted by Gasteiger charge is 2.31. The van der Waals surface area contributed by atoms with E-state index in [1.165, 1.54) is 12.1 Å². The Hall–Kier alpha value is -4.80. The lowest BCUT2D eigenvalue weighted by molar-refractivity contribution is -0.137. The van der Waals surface area contributed by atoms with Crippen molar-refractivity contribution in [2.75, 3.05) is 19.5 Å². The SMILES string of the molecule is COc1cc2nccc(Oc3ccc4c(NC(=O)c5cccc(C(F)(F)F)c5)nn(C)c4c3)c2cc1OC. The normalized spacial score (nSPS) is 11.5. The third-order valence-electron chi connectivity index (χ3n) is 5.94. The molecule has 8 nitrogen and oxygen atoms in total. The van der Waals surface area contributed by atoms with Crippen LogP contribution in [0, 0.1) is 0 Å². The lowest BCUT2D eigenvalue weighted by Crippen LogP contribution is -2.14. The van der Waals surface area contributed by atoms with E-state index in [0.29, 0.717) is 44.8 Å². The Morgan fingerprint density at radius 3 is 2.42 bits per heavy atom. The van der Waals surface area contributed by atoms with Crippen LogP contribution in [0.3, 0.4) is 0 Å². The number of aromatic nitrogens is 3. The van der Waals surface area contributed by atoms with E-state index in [1.54, 1.807) is 68.5 Å². The Morgan fingerprint density at radius 2 is 1.68 bits per heavy atom. The van der Waals surface area contributed by atoms with Crippen LogP contribution in [0.1, 0.15) is 15.9 Å². The largest absolute Gasteiger partial charge is 0.493 e. The summed E-state index contributed by atoms with van der Waals surface area (Å²) in [6, 6.07) is 14.6. The molecule has 2 aromatic heterocycles. The number of amides is 1. The smallest absolute Gasteiger partial charge is 0.416 e. The summed E-state index contributed by atoms with van der Waals surface area (Å²) in [6.07, 6.45) is -2.94. The number of carbonyl (C=O) groups excluding carboxylic acids is 1. The fraction of sp³-hybridized carbons (Fsp3) is 0.148. The second-order valence-corrected chi connectivity index (χ2v) is 8.32. The Balaban J connectivity index is 1.44. The zero-order valence-corrected chi connectivity index (χ0v) is 20.5. The third kappa shape index (κ3) is 4.65. The molecular weight excluding hydrogens is 501 g/mol. The Labute approximate surface area is 214 Å². The van der Waals surface area contributed by atoms with Gasteiger partial charge in [0.05, 0.1) is 30.8 Å². The zero-order valence-electron chi connectivity index (χ0n) is 20.5. The first-order valence-corrected chi connectivity index (χ1v) is 11.3. The molecule has 0 unspecified atom stereocenters. The van der Waals surface area contributed by atoms with Crippen molar-refractivity contribution in [2.45, 2.75) is 6.18 Å². The number of nitrogens with one attached hydrogen (secondary N) is 1. The van der Waals surface area contributed by atoms with Crippen molar-refractivity contribution in [1.29, 1.82) is 0 Å². The minimum atomic E-state index is -4.55. The first-order valence-electron chi connectivity index (χ1n) is 11.3. The molecule has 0 aliphatic carbocycles. The number of hydrogen-bond acceptors (Lipinski definition) is 6. The average molecular weight is 522 g/mol. The lowest BCUT2D eigenvalue weighted by Gasteiger charge is -2.12. The fourth-order valence-corrected chi connectivity index (χ4v) is 4.07. The Kier molecular flexibility index (Phi) is 6.27. The Morgan fingerprint density at radius 1 is 0.921 bits per heavy atom. The van der Waals surface area contributed by atoms with Crippen molar-refractivity contribution in [2.24, 2.45) is 7.05 Å². The number of halogens is 3. The summed E-state index contributed by atoms with van der Waals surface area (Å²) in [5.74, 6) is 1.61. The molecular formula is C27H21F3N4O4. The summed E-state index contributed by atoms with van der Waals surface area (Å²) in [5, 5.41) is 8.24. The highest BCUT2D eigenvalue weighted by molar-refractivity contribution is 6.08. The van der Waals surface area contributed by atoms with E-state index in [4.69, 9.17) is 14.2 Å². The van der Waals surface area contributed by atoms with Gasteiger partial charge >= 0.3 is 6.18 Å². The van der Waals surface area contributed by atoms with Crippen molar-refractivity contribution in [3.05, 3.63) is 78.0 Å². The summed E-state index contributed by atoms with van der Waals surface area (Å²) in [7, 11) is 4.77. The molecule has 0 spiro atoms. The van der Waals surface area contributed by atoms with E-state index in [2.05, 4.69) is 15.4 Å². The van der Waals surface area contributed by atoms with Crippen molar-refractivity contribution < 1.29 is 32.2 Å². The molecule has 0 atom stereocenters. The standard InChI is InChI=1S/C27H21F3N4O4/c1-34-21-12-17(38-22-9-10-31-20-14-24(37-3)23(36-2)13-19(20)22)7-8-18(21)25(33-34)32-26(35)15-5-4-6-16(11-15)27(28,29)30/h4-14H,1-3H3,(H,32,33,35). The number of alkyl halides is 3. The molecule has 0 radical (unpaired) electrons. The van der Waals surface area contributed by atoms with Crippen LogP contribution in [0.4, 0.5) is 19.0 Å². The van der Waals surface area contributed by atoms with Crippen LogP contribution in [0.15, 0.2) is 66.9 Å². The topological polar surface area (TPSA) is 87.5 Å².